The van der Waals surface area contributed by atoms with Gasteiger partial charge in [0.2, 0.25) is 11.0 Å². The fraction of sp³-hybridized carbons (Fsp3) is 0.128. The molecule has 0 radical (unpaired) electrons. The van der Waals surface area contributed by atoms with E-state index >= 15 is 0 Å². The van der Waals surface area contributed by atoms with E-state index in [4.69, 9.17) is 36.5 Å². The highest BCUT2D eigenvalue weighted by Crippen LogP contribution is 2.43. The lowest BCUT2D eigenvalue weighted by Crippen LogP contribution is -2.08. The second-order valence-corrected chi connectivity index (χ2v) is 19.4. The Morgan fingerprint density at radius 1 is 0.681 bits per heavy atom. The number of aromatic nitrogens is 3. The molecule has 5 aromatic carbocycles. The lowest BCUT2D eigenvalue weighted by molar-refractivity contribution is -0.193. The van der Waals surface area contributed by atoms with Gasteiger partial charge in [0.15, 0.2) is 11.4 Å². The topological polar surface area (TPSA) is 437 Å². The molecule has 0 atom stereocenters. The van der Waals surface area contributed by atoms with Crippen molar-refractivity contribution in [3.05, 3.63) is 96.2 Å². The maximum absolute atomic E-state index is 12.7. The van der Waals surface area contributed by atoms with Crippen LogP contribution in [0.15, 0.2) is 126 Å². The van der Waals surface area contributed by atoms with Crippen molar-refractivity contribution in [1.29, 1.82) is 0 Å². The molecule has 0 aliphatic rings. The molecule has 0 bridgehead atoms. The number of phenols is 1. The average Bonchev–Trinajstić information content (AvgIpc) is 3.89. The quantitative estimate of drug-likeness (QED) is 0.0420. The number of ether oxygens (including phenoxy) is 1. The third kappa shape index (κ3) is 15.4. The van der Waals surface area contributed by atoms with E-state index in [2.05, 4.69) is 40.8 Å². The highest BCUT2D eigenvalue weighted by atomic mass is 32.2. The minimum atomic E-state index is -5.04. The van der Waals surface area contributed by atoms with Gasteiger partial charge in [0.25, 0.3) is 30.4 Å². The number of carbonyl (C=O) groups excluding carboxylic acids is 4. The number of rotatable bonds is 14. The maximum Gasteiger partial charge on any atom is 0.425 e. The molecule has 2 aromatic heterocycles. The molecule has 0 aliphatic carbocycles. The fourth-order valence-electron chi connectivity index (χ4n) is 5.94. The number of para-hydroxylation sites is 1. The Labute approximate surface area is 410 Å². The zero-order chi connectivity index (χ0) is 53.6. The Bertz CT molecular complexity index is 3780. The van der Waals surface area contributed by atoms with Gasteiger partial charge in [-0.3, -0.25) is 13.7 Å². The second-order valence-electron chi connectivity index (χ2n) is 13.6. The first kappa shape index (κ1) is 56.4. The molecular formula is C39H31N9O19S5. The van der Waals surface area contributed by atoms with Crippen LogP contribution >= 0.6 is 11.3 Å². The summed E-state index contributed by atoms with van der Waals surface area (Å²) in [5, 5.41) is 50.9. The molecule has 7 rings (SSSR count). The van der Waals surface area contributed by atoms with Gasteiger partial charge < -0.3 is 14.9 Å². The number of azo groups is 3. The van der Waals surface area contributed by atoms with Crippen LogP contribution in [-0.2, 0) is 60.1 Å². The average molecular weight is 1090 g/mol. The van der Waals surface area contributed by atoms with Crippen molar-refractivity contribution in [3.8, 4) is 23.1 Å². The van der Waals surface area contributed by atoms with E-state index in [1.165, 1.54) is 47.7 Å². The normalized spacial score (nSPS) is 11.6. The standard InChI is InChI=1S/C37H31N9O12S4.2CO2.O3S/c1-20-5-3-6-32-33(20)39-37(59-32)45-42-28-18-31(58-15-4-16-60(49,50)51)29(17-21(28)2)43-40-26-13-12-25-24(34(26)47)11-14-27(35(25)62(55,56)57)41-44-30-19-38-46(36(30)48)22-7-9-23(10-8-22)61(52,53)54;2*2-1-3;1-4(2)3/h3,5-14,17-19,47-48H,4,15-16H2,1-2H3,(H,49,50,51)(H,52,53,54)(H,55,56,57);;;. The van der Waals surface area contributed by atoms with Crippen LogP contribution in [0.25, 0.3) is 26.7 Å². The van der Waals surface area contributed by atoms with Crippen molar-refractivity contribution in [2.45, 2.75) is 30.1 Å². The summed E-state index contributed by atoms with van der Waals surface area (Å²) in [4.78, 5) is 35.9. The van der Waals surface area contributed by atoms with Crippen molar-refractivity contribution in [2.75, 3.05) is 12.4 Å². The Balaban J connectivity index is 0.00000104. The SMILES string of the molecule is Cc1cc(N=Nc2ccc3c(S(=O)(=O)O)c(N=Nc4cnn(-c5ccc(S(=O)(=O)O)cc5)c4O)ccc3c2O)c(OCCCS(=O)(=O)O)cc1N=Nc1nc2c(C)cccc2s1.O=C=O.O=C=O.O=S(=O)=O. The number of hydrogen-bond donors (Lipinski definition) is 5. The van der Waals surface area contributed by atoms with Gasteiger partial charge in [0.05, 0.1) is 45.0 Å². The third-order valence-corrected chi connectivity index (χ3v) is 12.4. The van der Waals surface area contributed by atoms with Crippen LogP contribution in [0.3, 0.4) is 0 Å². The van der Waals surface area contributed by atoms with E-state index in [-0.39, 0.29) is 70.3 Å². The first-order chi connectivity index (χ1) is 33.8. The van der Waals surface area contributed by atoms with Crippen LogP contribution in [0.4, 0.5) is 33.6 Å². The van der Waals surface area contributed by atoms with Gasteiger partial charge in [0, 0.05) is 16.8 Å². The number of fused-ring (bicyclic) bond motifs is 2. The molecule has 7 aromatic rings. The first-order valence-electron chi connectivity index (χ1n) is 19.0. The van der Waals surface area contributed by atoms with Crippen molar-refractivity contribution >= 4 is 119 Å². The molecule has 0 saturated carbocycles. The lowest BCUT2D eigenvalue weighted by Gasteiger charge is -2.11. The largest absolute Gasteiger partial charge is 0.505 e. The van der Waals surface area contributed by atoms with Crippen molar-refractivity contribution in [2.24, 2.45) is 30.7 Å². The summed E-state index contributed by atoms with van der Waals surface area (Å²) < 4.78 is 132. The Hall–Kier alpha value is -8.23. The van der Waals surface area contributed by atoms with Crippen LogP contribution < -0.4 is 4.74 Å². The summed E-state index contributed by atoms with van der Waals surface area (Å²) in [6.07, 6.45) is 1.50. The van der Waals surface area contributed by atoms with Crippen molar-refractivity contribution < 1.29 is 85.7 Å². The molecule has 0 fully saturated rings. The number of aromatic hydroxyl groups is 2. The van der Waals surface area contributed by atoms with Gasteiger partial charge in [-0.15, -0.1) is 43.3 Å². The minimum absolute atomic E-state index is 0.0739. The van der Waals surface area contributed by atoms with Gasteiger partial charge in [-0.1, -0.05) is 29.5 Å². The van der Waals surface area contributed by atoms with E-state index < -0.39 is 68.1 Å². The zero-order valence-corrected chi connectivity index (χ0v) is 40.3. The monoisotopic (exact) mass is 1090 g/mol. The first-order valence-corrected chi connectivity index (χ1v) is 25.3. The molecule has 0 amide bonds. The number of benzene rings is 5. The molecule has 0 spiro atoms. The van der Waals surface area contributed by atoms with E-state index in [0.717, 1.165) is 44.9 Å². The van der Waals surface area contributed by atoms with Crippen LogP contribution in [0, 0.1) is 13.8 Å². The summed E-state index contributed by atoms with van der Waals surface area (Å²) >= 11 is 1.35. The number of phenolic OH excluding ortho intramolecular Hbond substituents is 1. The third-order valence-electron chi connectivity index (χ3n) is 8.91. The Kier molecular flexibility index (Phi) is 19.2. The molecule has 28 nitrogen and oxygen atoms in total. The van der Waals surface area contributed by atoms with Gasteiger partial charge in [-0.05, 0) is 86.0 Å². The summed E-state index contributed by atoms with van der Waals surface area (Å²) in [5.74, 6) is -1.58. The fourth-order valence-corrected chi connectivity index (χ4v) is 8.60. The molecular weight excluding hydrogens is 1060 g/mol. The summed E-state index contributed by atoms with van der Waals surface area (Å²) in [5.41, 5.74) is 2.24. The number of thiazole rings is 1. The Morgan fingerprint density at radius 2 is 1.25 bits per heavy atom. The molecule has 5 N–H and O–H groups in total. The maximum atomic E-state index is 12.7. The lowest BCUT2D eigenvalue weighted by atomic mass is 10.1. The van der Waals surface area contributed by atoms with E-state index in [1.807, 2.05) is 25.1 Å². The predicted octanol–water partition coefficient (Wildman–Crippen LogP) is 6.89. The highest BCUT2D eigenvalue weighted by molar-refractivity contribution is 7.86. The molecule has 0 unspecified atom stereocenters. The molecule has 376 valence electrons. The van der Waals surface area contributed by atoms with E-state index in [9.17, 15) is 49.1 Å². The van der Waals surface area contributed by atoms with Crippen LogP contribution in [0.1, 0.15) is 17.5 Å². The van der Waals surface area contributed by atoms with Crippen LogP contribution in [-0.4, -0.2) is 101 Å². The molecule has 0 aliphatic heterocycles. The van der Waals surface area contributed by atoms with Crippen molar-refractivity contribution in [1.82, 2.24) is 14.8 Å². The predicted molar refractivity (Wildman–Crippen MR) is 245 cm³/mol. The highest BCUT2D eigenvalue weighted by Gasteiger charge is 2.23. The number of nitrogens with zero attached hydrogens (tertiary/aromatic N) is 9. The second kappa shape index (κ2) is 24.6. The zero-order valence-electron chi connectivity index (χ0n) is 36.2. The number of hydrogen-bond acceptors (Lipinski definition) is 25. The van der Waals surface area contributed by atoms with Crippen molar-refractivity contribution in [3.63, 3.8) is 0 Å². The van der Waals surface area contributed by atoms with E-state index in [1.54, 1.807) is 13.0 Å². The smallest absolute Gasteiger partial charge is 0.425 e. The van der Waals surface area contributed by atoms with Gasteiger partial charge in [-0.25, -0.2) is 4.98 Å². The van der Waals surface area contributed by atoms with Gasteiger partial charge in [0.1, 0.15) is 27.7 Å². The summed E-state index contributed by atoms with van der Waals surface area (Å²) in [6.45, 7) is 3.50. The van der Waals surface area contributed by atoms with Crippen LogP contribution in [0.5, 0.6) is 17.4 Å². The Morgan fingerprint density at radius 3 is 1.85 bits per heavy atom. The van der Waals surface area contributed by atoms with Crippen LogP contribution in [0.2, 0.25) is 0 Å². The summed E-state index contributed by atoms with van der Waals surface area (Å²) in [7, 11) is -16.9. The summed E-state index contributed by atoms with van der Waals surface area (Å²) in [6, 6.07) is 18.4. The molecule has 0 saturated heterocycles. The minimum Gasteiger partial charge on any atom is -0.505 e. The number of aryl methyl sites for hydroxylation is 2. The molecule has 72 heavy (non-hydrogen) atoms. The van der Waals surface area contributed by atoms with E-state index in [0.29, 0.717) is 16.4 Å². The molecule has 33 heteroatoms. The van der Waals surface area contributed by atoms with Gasteiger partial charge >= 0.3 is 22.9 Å². The van der Waals surface area contributed by atoms with Gasteiger partial charge in [-0.2, -0.15) is 54.2 Å². The molecule has 2 heterocycles.